The number of fused-ring (bicyclic) bond motifs is 1. The minimum absolute atomic E-state index is 0.0389. The van der Waals surface area contributed by atoms with Gasteiger partial charge in [-0.05, 0) is 24.3 Å². The van der Waals surface area contributed by atoms with Crippen LogP contribution in [0.3, 0.4) is 0 Å². The summed E-state index contributed by atoms with van der Waals surface area (Å²) in [7, 11) is 0. The van der Waals surface area contributed by atoms with Gasteiger partial charge in [0, 0.05) is 22.8 Å². The van der Waals surface area contributed by atoms with Gasteiger partial charge in [0.2, 0.25) is 5.91 Å². The van der Waals surface area contributed by atoms with Gasteiger partial charge in [-0.1, -0.05) is 29.8 Å². The Morgan fingerprint density at radius 3 is 2.83 bits per heavy atom. The first-order valence-corrected chi connectivity index (χ1v) is 7.19. The first-order valence-electron chi connectivity index (χ1n) is 6.81. The molecule has 1 amide bonds. The number of amides is 1. The zero-order valence-corrected chi connectivity index (χ0v) is 12.6. The van der Waals surface area contributed by atoms with E-state index in [0.29, 0.717) is 11.3 Å². The van der Waals surface area contributed by atoms with Gasteiger partial charge in [-0.2, -0.15) is 5.26 Å². The van der Waals surface area contributed by atoms with Crippen LogP contribution in [0.4, 0.5) is 10.1 Å². The second-order valence-electron chi connectivity index (χ2n) is 4.98. The molecule has 1 aromatic heterocycles. The van der Waals surface area contributed by atoms with E-state index in [4.69, 9.17) is 16.9 Å². The van der Waals surface area contributed by atoms with E-state index in [9.17, 15) is 9.18 Å². The van der Waals surface area contributed by atoms with Gasteiger partial charge in [0.25, 0.3) is 0 Å². The van der Waals surface area contributed by atoms with E-state index in [1.165, 1.54) is 18.2 Å². The zero-order chi connectivity index (χ0) is 16.4. The number of carbonyl (C=O) groups excluding carboxylic acids is 1. The van der Waals surface area contributed by atoms with Crippen LogP contribution in [-0.4, -0.2) is 10.5 Å². The molecule has 0 spiro atoms. The van der Waals surface area contributed by atoms with E-state index in [-0.39, 0.29) is 17.5 Å². The summed E-state index contributed by atoms with van der Waals surface area (Å²) in [5.74, 6) is -0.836. The van der Waals surface area contributed by atoms with Crippen LogP contribution in [-0.2, 0) is 11.3 Å². The largest absolute Gasteiger partial charge is 0.337 e. The van der Waals surface area contributed by atoms with Gasteiger partial charge >= 0.3 is 0 Å². The summed E-state index contributed by atoms with van der Waals surface area (Å²) < 4.78 is 14.8. The van der Waals surface area contributed by atoms with Crippen molar-refractivity contribution in [3.05, 3.63) is 65.1 Å². The number of para-hydroxylation sites is 1. The highest BCUT2D eigenvalue weighted by Gasteiger charge is 2.11. The zero-order valence-electron chi connectivity index (χ0n) is 11.9. The molecular formula is C17H11ClFN3O. The highest BCUT2D eigenvalue weighted by Crippen LogP contribution is 2.22. The number of nitriles is 1. The summed E-state index contributed by atoms with van der Waals surface area (Å²) in [4.78, 5) is 12.2. The van der Waals surface area contributed by atoms with Gasteiger partial charge in [-0.25, -0.2) is 4.39 Å². The SMILES string of the molecule is N#Cc1cn(CC(=O)Nc2ccc(F)c(Cl)c2)c2ccccc12. The van der Waals surface area contributed by atoms with Crippen LogP contribution in [0.1, 0.15) is 5.56 Å². The van der Waals surface area contributed by atoms with Crippen molar-refractivity contribution in [1.82, 2.24) is 4.57 Å². The van der Waals surface area contributed by atoms with Crippen molar-refractivity contribution >= 4 is 34.1 Å². The Morgan fingerprint density at radius 1 is 1.30 bits per heavy atom. The first-order chi connectivity index (χ1) is 11.1. The molecule has 23 heavy (non-hydrogen) atoms. The molecule has 3 aromatic rings. The molecule has 3 rings (SSSR count). The maximum Gasteiger partial charge on any atom is 0.244 e. The van der Waals surface area contributed by atoms with Gasteiger partial charge in [-0.3, -0.25) is 4.79 Å². The predicted octanol–water partition coefficient (Wildman–Crippen LogP) is 3.94. The van der Waals surface area contributed by atoms with Crippen LogP contribution in [0.15, 0.2) is 48.7 Å². The van der Waals surface area contributed by atoms with Crippen molar-refractivity contribution in [3.63, 3.8) is 0 Å². The molecule has 0 fully saturated rings. The van der Waals surface area contributed by atoms with Gasteiger partial charge in [-0.15, -0.1) is 0 Å². The first kappa shape index (κ1) is 15.1. The van der Waals surface area contributed by atoms with E-state index < -0.39 is 5.82 Å². The molecule has 114 valence electrons. The summed E-state index contributed by atoms with van der Waals surface area (Å²) in [5.41, 5.74) is 1.73. The molecule has 6 heteroatoms. The van der Waals surface area contributed by atoms with Crippen molar-refractivity contribution in [3.8, 4) is 6.07 Å². The fraction of sp³-hybridized carbons (Fsp3) is 0.0588. The number of anilines is 1. The summed E-state index contributed by atoms with van der Waals surface area (Å²) in [6, 6.07) is 13.5. The third kappa shape index (κ3) is 3.03. The number of carbonyl (C=O) groups is 1. The fourth-order valence-corrected chi connectivity index (χ4v) is 2.58. The predicted molar refractivity (Wildman–Crippen MR) is 86.7 cm³/mol. The monoisotopic (exact) mass is 327 g/mol. The number of hydrogen-bond acceptors (Lipinski definition) is 2. The number of nitrogens with zero attached hydrogens (tertiary/aromatic N) is 2. The Hall–Kier alpha value is -2.84. The molecular weight excluding hydrogens is 317 g/mol. The normalized spacial score (nSPS) is 10.5. The van der Waals surface area contributed by atoms with E-state index >= 15 is 0 Å². The third-order valence-corrected chi connectivity index (χ3v) is 3.72. The summed E-state index contributed by atoms with van der Waals surface area (Å²) in [5, 5.41) is 12.6. The quantitative estimate of drug-likeness (QED) is 0.792. The Bertz CT molecular complexity index is 943. The molecule has 2 aromatic carbocycles. The fourth-order valence-electron chi connectivity index (χ4n) is 2.40. The Labute approximate surface area is 136 Å². The van der Waals surface area contributed by atoms with Crippen LogP contribution < -0.4 is 5.32 Å². The molecule has 0 unspecified atom stereocenters. The Kier molecular flexibility index (Phi) is 4.00. The molecule has 0 saturated heterocycles. The molecule has 0 aliphatic carbocycles. The standard InChI is InChI=1S/C17H11ClFN3O/c18-14-7-12(5-6-15(14)19)21-17(23)10-22-9-11(8-20)13-3-1-2-4-16(13)22/h1-7,9H,10H2,(H,21,23). The number of nitrogens with one attached hydrogen (secondary N) is 1. The van der Waals surface area contributed by atoms with Gasteiger partial charge in [0.15, 0.2) is 0 Å². The second kappa shape index (κ2) is 6.11. The molecule has 1 N–H and O–H groups in total. The van der Waals surface area contributed by atoms with Crippen molar-refractivity contribution in [1.29, 1.82) is 5.26 Å². The number of halogens is 2. The summed E-state index contributed by atoms with van der Waals surface area (Å²) in [6.45, 7) is 0.0389. The number of rotatable bonds is 3. The molecule has 0 saturated carbocycles. The minimum Gasteiger partial charge on any atom is -0.337 e. The van der Waals surface area contributed by atoms with Crippen LogP contribution >= 0.6 is 11.6 Å². The van der Waals surface area contributed by atoms with Crippen molar-refractivity contribution in [2.75, 3.05) is 5.32 Å². The smallest absolute Gasteiger partial charge is 0.244 e. The highest BCUT2D eigenvalue weighted by molar-refractivity contribution is 6.31. The van der Waals surface area contributed by atoms with Gasteiger partial charge in [0.05, 0.1) is 10.6 Å². The molecule has 0 atom stereocenters. The Balaban J connectivity index is 1.83. The molecule has 0 aliphatic rings. The third-order valence-electron chi connectivity index (χ3n) is 3.43. The van der Waals surface area contributed by atoms with E-state index in [1.807, 2.05) is 24.3 Å². The van der Waals surface area contributed by atoms with Crippen LogP contribution in [0.5, 0.6) is 0 Å². The van der Waals surface area contributed by atoms with Crippen LogP contribution in [0.2, 0.25) is 5.02 Å². The van der Waals surface area contributed by atoms with E-state index in [0.717, 1.165) is 10.9 Å². The lowest BCUT2D eigenvalue weighted by molar-refractivity contribution is -0.116. The number of aromatic nitrogens is 1. The molecule has 4 nitrogen and oxygen atoms in total. The maximum atomic E-state index is 13.1. The molecule has 0 bridgehead atoms. The topological polar surface area (TPSA) is 57.8 Å². The Morgan fingerprint density at radius 2 is 2.09 bits per heavy atom. The van der Waals surface area contributed by atoms with Crippen molar-refractivity contribution in [2.45, 2.75) is 6.54 Å². The highest BCUT2D eigenvalue weighted by atomic mass is 35.5. The molecule has 0 radical (unpaired) electrons. The molecule has 0 aliphatic heterocycles. The van der Waals surface area contributed by atoms with Crippen LogP contribution in [0, 0.1) is 17.1 Å². The summed E-state index contributed by atoms with van der Waals surface area (Å²) >= 11 is 5.69. The average Bonchev–Trinajstić information content (AvgIpc) is 2.89. The average molecular weight is 328 g/mol. The lowest BCUT2D eigenvalue weighted by Crippen LogP contribution is -2.18. The maximum absolute atomic E-state index is 13.1. The number of benzene rings is 2. The van der Waals surface area contributed by atoms with E-state index in [1.54, 1.807) is 10.8 Å². The minimum atomic E-state index is -0.542. The summed E-state index contributed by atoms with van der Waals surface area (Å²) in [6.07, 6.45) is 1.64. The number of hydrogen-bond donors (Lipinski definition) is 1. The second-order valence-corrected chi connectivity index (χ2v) is 5.38. The van der Waals surface area contributed by atoms with Gasteiger partial charge < -0.3 is 9.88 Å². The van der Waals surface area contributed by atoms with E-state index in [2.05, 4.69) is 11.4 Å². The molecule has 1 heterocycles. The van der Waals surface area contributed by atoms with Crippen molar-refractivity contribution in [2.24, 2.45) is 0 Å². The lowest BCUT2D eigenvalue weighted by Gasteiger charge is -2.08. The lowest BCUT2D eigenvalue weighted by atomic mass is 10.2. The van der Waals surface area contributed by atoms with Gasteiger partial charge in [0.1, 0.15) is 18.4 Å². The van der Waals surface area contributed by atoms with Crippen LogP contribution in [0.25, 0.3) is 10.9 Å². The van der Waals surface area contributed by atoms with Crippen molar-refractivity contribution < 1.29 is 9.18 Å².